The molecule has 3 rings (SSSR count). The molecule has 4 heteroatoms. The van der Waals surface area contributed by atoms with Crippen LogP contribution < -0.4 is 4.74 Å². The highest BCUT2D eigenvalue weighted by atomic mass is 35.5. The van der Waals surface area contributed by atoms with Crippen molar-refractivity contribution >= 4 is 22.6 Å². The molecule has 1 heterocycles. The van der Waals surface area contributed by atoms with E-state index in [4.69, 9.17) is 20.8 Å². The Morgan fingerprint density at radius 3 is 2.80 bits per heavy atom. The lowest BCUT2D eigenvalue weighted by Crippen LogP contribution is -1.99. The lowest BCUT2D eigenvalue weighted by atomic mass is 10.0. The van der Waals surface area contributed by atoms with E-state index in [1.165, 1.54) is 0 Å². The lowest BCUT2D eigenvalue weighted by molar-refractivity contribution is 0.220. The molecule has 0 amide bonds. The van der Waals surface area contributed by atoms with Crippen LogP contribution >= 0.6 is 11.6 Å². The van der Waals surface area contributed by atoms with E-state index in [0.29, 0.717) is 16.3 Å². The van der Waals surface area contributed by atoms with Gasteiger partial charge in [-0.25, -0.2) is 0 Å². The number of aliphatic hydroxyl groups excluding tert-OH is 1. The van der Waals surface area contributed by atoms with Crippen molar-refractivity contribution in [3.05, 3.63) is 64.9 Å². The maximum atomic E-state index is 10.5. The van der Waals surface area contributed by atoms with E-state index in [9.17, 15) is 5.11 Å². The van der Waals surface area contributed by atoms with Crippen molar-refractivity contribution in [2.45, 2.75) is 6.10 Å². The number of para-hydroxylation sites is 1. The first kappa shape index (κ1) is 13.0. The smallest absolute Gasteiger partial charge is 0.137 e. The first-order valence-corrected chi connectivity index (χ1v) is 6.56. The molecule has 1 N–H and O–H groups in total. The summed E-state index contributed by atoms with van der Waals surface area (Å²) in [6.07, 6.45) is 0.793. The lowest BCUT2D eigenvalue weighted by Gasteiger charge is -2.12. The van der Waals surface area contributed by atoms with E-state index >= 15 is 0 Å². The second-order valence-electron chi connectivity index (χ2n) is 4.48. The fraction of sp³-hybridized carbons (Fsp3) is 0.125. The second-order valence-corrected chi connectivity index (χ2v) is 4.89. The molecule has 0 bridgehead atoms. The van der Waals surface area contributed by atoms with Crippen LogP contribution in [0.5, 0.6) is 5.75 Å². The Morgan fingerprint density at radius 2 is 2.00 bits per heavy atom. The van der Waals surface area contributed by atoms with Crippen molar-refractivity contribution < 1.29 is 14.3 Å². The number of hydrogen-bond acceptors (Lipinski definition) is 3. The van der Waals surface area contributed by atoms with Crippen molar-refractivity contribution in [3.63, 3.8) is 0 Å². The molecule has 0 aliphatic heterocycles. The van der Waals surface area contributed by atoms with Gasteiger partial charge in [0.15, 0.2) is 0 Å². The van der Waals surface area contributed by atoms with Gasteiger partial charge < -0.3 is 14.3 Å². The SMILES string of the molecule is COc1cc(C(O)c2coc3ccccc23)ccc1Cl. The van der Waals surface area contributed by atoms with E-state index in [1.807, 2.05) is 24.3 Å². The third-order valence-electron chi connectivity index (χ3n) is 3.30. The van der Waals surface area contributed by atoms with Crippen LogP contribution in [0, 0.1) is 0 Å². The first-order valence-electron chi connectivity index (χ1n) is 6.18. The van der Waals surface area contributed by atoms with Crippen LogP contribution in [0.25, 0.3) is 11.0 Å². The van der Waals surface area contributed by atoms with Gasteiger partial charge in [-0.1, -0.05) is 35.9 Å². The van der Waals surface area contributed by atoms with Crippen LogP contribution in [0.2, 0.25) is 5.02 Å². The molecule has 0 saturated heterocycles. The number of benzene rings is 2. The van der Waals surface area contributed by atoms with Crippen molar-refractivity contribution in [1.82, 2.24) is 0 Å². The Morgan fingerprint density at radius 1 is 1.20 bits per heavy atom. The van der Waals surface area contributed by atoms with Gasteiger partial charge in [-0.2, -0.15) is 0 Å². The topological polar surface area (TPSA) is 42.6 Å². The monoisotopic (exact) mass is 288 g/mol. The summed E-state index contributed by atoms with van der Waals surface area (Å²) in [7, 11) is 1.55. The van der Waals surface area contributed by atoms with Gasteiger partial charge in [-0.3, -0.25) is 0 Å². The third kappa shape index (κ3) is 2.15. The van der Waals surface area contributed by atoms with E-state index in [0.717, 1.165) is 16.5 Å². The van der Waals surface area contributed by atoms with Gasteiger partial charge in [-0.15, -0.1) is 0 Å². The van der Waals surface area contributed by atoms with E-state index in [2.05, 4.69) is 0 Å². The fourth-order valence-corrected chi connectivity index (χ4v) is 2.43. The molecule has 0 aliphatic carbocycles. The molecular weight excluding hydrogens is 276 g/mol. The highest BCUT2D eigenvalue weighted by molar-refractivity contribution is 6.32. The minimum Gasteiger partial charge on any atom is -0.495 e. The number of halogens is 1. The Hall–Kier alpha value is -1.97. The minimum absolute atomic E-state index is 0.514. The number of methoxy groups -OCH3 is 1. The predicted molar refractivity (Wildman–Crippen MR) is 78.3 cm³/mol. The zero-order chi connectivity index (χ0) is 14.1. The molecule has 1 unspecified atom stereocenters. The molecule has 0 fully saturated rings. The average molecular weight is 289 g/mol. The third-order valence-corrected chi connectivity index (χ3v) is 3.61. The zero-order valence-corrected chi connectivity index (χ0v) is 11.6. The van der Waals surface area contributed by atoms with Crippen LogP contribution in [-0.2, 0) is 0 Å². The number of hydrogen-bond donors (Lipinski definition) is 1. The standard InChI is InChI=1S/C16H13ClO3/c1-19-15-8-10(6-7-13(15)17)16(18)12-9-20-14-5-3-2-4-11(12)14/h2-9,16,18H,1H3. The molecule has 0 saturated carbocycles. The molecule has 1 aromatic heterocycles. The maximum Gasteiger partial charge on any atom is 0.137 e. The summed E-state index contributed by atoms with van der Waals surface area (Å²) in [4.78, 5) is 0. The molecule has 0 spiro atoms. The minimum atomic E-state index is -0.787. The molecule has 0 radical (unpaired) electrons. The fourth-order valence-electron chi connectivity index (χ4n) is 2.24. The van der Waals surface area contributed by atoms with Crippen molar-refractivity contribution in [1.29, 1.82) is 0 Å². The number of rotatable bonds is 3. The summed E-state index contributed by atoms with van der Waals surface area (Å²) in [6.45, 7) is 0. The Kier molecular flexibility index (Phi) is 3.38. The largest absolute Gasteiger partial charge is 0.495 e. The quantitative estimate of drug-likeness (QED) is 0.786. The van der Waals surface area contributed by atoms with Crippen molar-refractivity contribution in [3.8, 4) is 5.75 Å². The van der Waals surface area contributed by atoms with Gasteiger partial charge in [-0.05, 0) is 23.8 Å². The predicted octanol–water partition coefficient (Wildman–Crippen LogP) is 4.18. The normalized spacial score (nSPS) is 12.6. The van der Waals surface area contributed by atoms with E-state index in [1.54, 1.807) is 31.6 Å². The van der Waals surface area contributed by atoms with Gasteiger partial charge in [0, 0.05) is 10.9 Å². The summed E-state index contributed by atoms with van der Waals surface area (Å²) < 4.78 is 10.6. The number of aliphatic hydroxyl groups is 1. The molecule has 1 atom stereocenters. The van der Waals surface area contributed by atoms with Crippen molar-refractivity contribution in [2.75, 3.05) is 7.11 Å². The molecule has 102 valence electrons. The summed E-state index contributed by atoms with van der Waals surface area (Å²) in [5.41, 5.74) is 2.19. The molecule has 0 aliphatic rings. The summed E-state index contributed by atoms with van der Waals surface area (Å²) in [6, 6.07) is 12.8. The van der Waals surface area contributed by atoms with Gasteiger partial charge in [0.1, 0.15) is 17.4 Å². The summed E-state index contributed by atoms with van der Waals surface area (Å²) in [5.74, 6) is 0.538. The Balaban J connectivity index is 2.06. The first-order chi connectivity index (χ1) is 9.70. The molecular formula is C16H13ClO3. The van der Waals surface area contributed by atoms with Crippen LogP contribution in [0.1, 0.15) is 17.2 Å². The number of furan rings is 1. The van der Waals surface area contributed by atoms with E-state index in [-0.39, 0.29) is 0 Å². The highest BCUT2D eigenvalue weighted by Gasteiger charge is 2.17. The van der Waals surface area contributed by atoms with Crippen molar-refractivity contribution in [2.24, 2.45) is 0 Å². The Labute approximate surface area is 121 Å². The van der Waals surface area contributed by atoms with Gasteiger partial charge in [0.2, 0.25) is 0 Å². The summed E-state index contributed by atoms with van der Waals surface area (Å²) in [5, 5.41) is 11.9. The summed E-state index contributed by atoms with van der Waals surface area (Å²) >= 11 is 6.00. The van der Waals surface area contributed by atoms with Crippen LogP contribution in [0.15, 0.2) is 53.1 Å². The molecule has 2 aromatic carbocycles. The van der Waals surface area contributed by atoms with Gasteiger partial charge in [0.05, 0.1) is 18.4 Å². The highest BCUT2D eigenvalue weighted by Crippen LogP contribution is 2.34. The number of fused-ring (bicyclic) bond motifs is 1. The van der Waals surface area contributed by atoms with Crippen LogP contribution in [-0.4, -0.2) is 12.2 Å². The van der Waals surface area contributed by atoms with Crippen LogP contribution in [0.3, 0.4) is 0 Å². The zero-order valence-electron chi connectivity index (χ0n) is 10.8. The Bertz CT molecular complexity index is 748. The average Bonchev–Trinajstić information content (AvgIpc) is 2.91. The number of ether oxygens (including phenoxy) is 1. The second kappa shape index (κ2) is 5.19. The molecule has 3 nitrogen and oxygen atoms in total. The maximum absolute atomic E-state index is 10.5. The van der Waals surface area contributed by atoms with Crippen LogP contribution in [0.4, 0.5) is 0 Å². The van der Waals surface area contributed by atoms with Gasteiger partial charge >= 0.3 is 0 Å². The van der Waals surface area contributed by atoms with E-state index < -0.39 is 6.10 Å². The molecule has 20 heavy (non-hydrogen) atoms. The van der Waals surface area contributed by atoms with Gasteiger partial charge in [0.25, 0.3) is 0 Å². The molecule has 3 aromatic rings.